The zero-order valence-corrected chi connectivity index (χ0v) is 8.32. The summed E-state index contributed by atoms with van der Waals surface area (Å²) in [6, 6.07) is 0.127. The van der Waals surface area contributed by atoms with Crippen LogP contribution in [0.3, 0.4) is 0 Å². The molecule has 0 aromatic heterocycles. The molecule has 5 heteroatoms. The summed E-state index contributed by atoms with van der Waals surface area (Å²) >= 11 is 0. The third-order valence-electron chi connectivity index (χ3n) is 2.32. The van der Waals surface area contributed by atoms with Crippen molar-refractivity contribution < 1.29 is 14.7 Å². The molecule has 0 radical (unpaired) electrons. The second-order valence-electron chi connectivity index (χ2n) is 3.54. The van der Waals surface area contributed by atoms with Gasteiger partial charge < -0.3 is 10.4 Å². The summed E-state index contributed by atoms with van der Waals surface area (Å²) in [7, 11) is 0. The van der Waals surface area contributed by atoms with Gasteiger partial charge in [0.15, 0.2) is 0 Å². The van der Waals surface area contributed by atoms with Gasteiger partial charge in [0, 0.05) is 25.6 Å². The Labute approximate surface area is 83.1 Å². The molecule has 5 nitrogen and oxygen atoms in total. The third kappa shape index (κ3) is 3.33. The van der Waals surface area contributed by atoms with Crippen molar-refractivity contribution in [2.45, 2.75) is 25.8 Å². The van der Waals surface area contributed by atoms with Crippen LogP contribution in [0.4, 0.5) is 0 Å². The van der Waals surface area contributed by atoms with Crippen LogP contribution < -0.4 is 5.32 Å². The quantitative estimate of drug-likeness (QED) is 0.652. The van der Waals surface area contributed by atoms with Gasteiger partial charge in [-0.25, -0.2) is 0 Å². The number of carboxylic acids is 1. The number of likely N-dealkylation sites (tertiary alicyclic amines) is 1. The zero-order chi connectivity index (χ0) is 10.6. The lowest BCUT2D eigenvalue weighted by Gasteiger charge is -2.13. The van der Waals surface area contributed by atoms with Crippen LogP contribution in [0.15, 0.2) is 0 Å². The average molecular weight is 200 g/mol. The molecule has 0 saturated carbocycles. The maximum Gasteiger partial charge on any atom is 0.317 e. The van der Waals surface area contributed by atoms with E-state index >= 15 is 0 Å². The van der Waals surface area contributed by atoms with E-state index in [1.165, 1.54) is 0 Å². The van der Waals surface area contributed by atoms with Crippen LogP contribution in [0.5, 0.6) is 0 Å². The van der Waals surface area contributed by atoms with E-state index in [1.54, 1.807) is 6.92 Å². The van der Waals surface area contributed by atoms with Gasteiger partial charge in [0.2, 0.25) is 5.91 Å². The van der Waals surface area contributed by atoms with Crippen molar-refractivity contribution in [2.24, 2.45) is 0 Å². The molecule has 2 N–H and O–H groups in total. The Morgan fingerprint density at radius 2 is 2.29 bits per heavy atom. The summed E-state index contributed by atoms with van der Waals surface area (Å²) in [5, 5.41) is 11.4. The summed E-state index contributed by atoms with van der Waals surface area (Å²) in [6.07, 6.45) is 1.33. The number of nitrogens with zero attached hydrogens (tertiary/aromatic N) is 1. The van der Waals surface area contributed by atoms with Gasteiger partial charge in [-0.1, -0.05) is 6.92 Å². The van der Waals surface area contributed by atoms with Crippen molar-refractivity contribution in [3.8, 4) is 0 Å². The number of hydrogen-bond acceptors (Lipinski definition) is 3. The number of rotatable bonds is 4. The molecule has 1 aliphatic rings. The highest BCUT2D eigenvalue weighted by Gasteiger charge is 2.24. The second-order valence-corrected chi connectivity index (χ2v) is 3.54. The molecule has 1 aliphatic heterocycles. The minimum absolute atomic E-state index is 0.0344. The first-order valence-corrected chi connectivity index (χ1v) is 4.85. The van der Waals surface area contributed by atoms with Gasteiger partial charge in [-0.2, -0.15) is 0 Å². The molecule has 0 aromatic rings. The highest BCUT2D eigenvalue weighted by Crippen LogP contribution is 2.08. The Morgan fingerprint density at radius 3 is 2.86 bits per heavy atom. The predicted octanol–water partition coefficient (Wildman–Crippen LogP) is -0.328. The van der Waals surface area contributed by atoms with Crippen LogP contribution in [-0.4, -0.2) is 47.6 Å². The number of carbonyl (C=O) groups is 2. The summed E-state index contributed by atoms with van der Waals surface area (Å²) in [4.78, 5) is 23.3. The van der Waals surface area contributed by atoms with Gasteiger partial charge in [-0.15, -0.1) is 0 Å². The highest BCUT2D eigenvalue weighted by atomic mass is 16.4. The lowest BCUT2D eigenvalue weighted by molar-refractivity contribution is -0.138. The van der Waals surface area contributed by atoms with Gasteiger partial charge >= 0.3 is 5.97 Å². The van der Waals surface area contributed by atoms with E-state index in [2.05, 4.69) is 5.32 Å². The molecular weight excluding hydrogens is 184 g/mol. The molecule has 1 saturated heterocycles. The Morgan fingerprint density at radius 1 is 1.57 bits per heavy atom. The van der Waals surface area contributed by atoms with Crippen LogP contribution in [0, 0.1) is 0 Å². The van der Waals surface area contributed by atoms with Gasteiger partial charge in [0.1, 0.15) is 0 Å². The fourth-order valence-corrected chi connectivity index (χ4v) is 1.62. The largest absolute Gasteiger partial charge is 0.480 e. The fourth-order valence-electron chi connectivity index (χ4n) is 1.62. The smallest absolute Gasteiger partial charge is 0.317 e. The first-order valence-electron chi connectivity index (χ1n) is 4.85. The molecular formula is C9H16N2O3. The molecule has 0 aliphatic carbocycles. The molecule has 0 unspecified atom stereocenters. The minimum Gasteiger partial charge on any atom is -0.480 e. The predicted molar refractivity (Wildman–Crippen MR) is 50.9 cm³/mol. The molecule has 1 amide bonds. The number of carbonyl (C=O) groups excluding carboxylic acids is 1. The van der Waals surface area contributed by atoms with Crippen LogP contribution in [0.25, 0.3) is 0 Å². The Kier molecular flexibility index (Phi) is 3.88. The molecule has 14 heavy (non-hydrogen) atoms. The molecule has 1 fully saturated rings. The Balaban J connectivity index is 2.27. The first kappa shape index (κ1) is 11.0. The molecule has 80 valence electrons. The van der Waals surface area contributed by atoms with Crippen LogP contribution in [-0.2, 0) is 9.59 Å². The van der Waals surface area contributed by atoms with E-state index in [1.807, 2.05) is 4.90 Å². The first-order chi connectivity index (χ1) is 6.61. The van der Waals surface area contributed by atoms with Crippen molar-refractivity contribution in [3.63, 3.8) is 0 Å². The number of aliphatic carboxylic acids is 1. The molecule has 1 rings (SSSR count). The molecule has 0 aromatic carbocycles. The van der Waals surface area contributed by atoms with E-state index < -0.39 is 5.97 Å². The van der Waals surface area contributed by atoms with Crippen molar-refractivity contribution in [1.82, 2.24) is 10.2 Å². The fraction of sp³-hybridized carbons (Fsp3) is 0.778. The van der Waals surface area contributed by atoms with E-state index in [0.717, 1.165) is 13.0 Å². The average Bonchev–Trinajstić information content (AvgIpc) is 2.51. The lowest BCUT2D eigenvalue weighted by atomic mass is 10.2. The van der Waals surface area contributed by atoms with E-state index in [0.29, 0.717) is 13.0 Å². The minimum atomic E-state index is -0.813. The summed E-state index contributed by atoms with van der Waals surface area (Å²) in [6.45, 7) is 3.27. The Hall–Kier alpha value is -1.10. The van der Waals surface area contributed by atoms with Gasteiger partial charge in [-0.3, -0.25) is 14.5 Å². The normalized spacial score (nSPS) is 22.2. The van der Waals surface area contributed by atoms with E-state index in [4.69, 9.17) is 5.11 Å². The molecule has 0 bridgehead atoms. The molecule has 1 atom stereocenters. The van der Waals surface area contributed by atoms with Crippen LogP contribution in [0.2, 0.25) is 0 Å². The van der Waals surface area contributed by atoms with Gasteiger partial charge in [-0.05, 0) is 6.42 Å². The maximum atomic E-state index is 11.1. The van der Waals surface area contributed by atoms with Gasteiger partial charge in [0.25, 0.3) is 0 Å². The molecule has 1 heterocycles. The third-order valence-corrected chi connectivity index (χ3v) is 2.32. The van der Waals surface area contributed by atoms with Crippen molar-refractivity contribution in [3.05, 3.63) is 0 Å². The topological polar surface area (TPSA) is 69.6 Å². The van der Waals surface area contributed by atoms with E-state index in [9.17, 15) is 9.59 Å². The number of carboxylic acid groups (broad SMARTS) is 1. The van der Waals surface area contributed by atoms with Gasteiger partial charge in [0.05, 0.1) is 6.54 Å². The summed E-state index contributed by atoms with van der Waals surface area (Å²) in [5.41, 5.74) is 0. The van der Waals surface area contributed by atoms with Crippen molar-refractivity contribution >= 4 is 11.9 Å². The second kappa shape index (κ2) is 4.95. The standard InChI is InChI=1S/C9H16N2O3/c1-2-8(12)10-7-3-4-11(5-7)6-9(13)14/h7H,2-6H2,1H3,(H,10,12)(H,13,14)/t7-/m1/s1. The number of nitrogens with one attached hydrogen (secondary N) is 1. The zero-order valence-electron chi connectivity index (χ0n) is 8.32. The van der Waals surface area contributed by atoms with Crippen molar-refractivity contribution in [2.75, 3.05) is 19.6 Å². The van der Waals surface area contributed by atoms with Crippen molar-refractivity contribution in [1.29, 1.82) is 0 Å². The SMILES string of the molecule is CCC(=O)N[C@@H]1CCN(CC(=O)O)C1. The Bertz CT molecular complexity index is 230. The lowest BCUT2D eigenvalue weighted by Crippen LogP contribution is -2.37. The number of amides is 1. The molecule has 0 spiro atoms. The highest BCUT2D eigenvalue weighted by molar-refractivity contribution is 5.75. The summed E-state index contributed by atoms with van der Waals surface area (Å²) in [5.74, 6) is -0.778. The number of hydrogen-bond donors (Lipinski definition) is 2. The van der Waals surface area contributed by atoms with E-state index in [-0.39, 0.29) is 18.5 Å². The maximum absolute atomic E-state index is 11.1. The van der Waals surface area contributed by atoms with Crippen LogP contribution in [0.1, 0.15) is 19.8 Å². The monoisotopic (exact) mass is 200 g/mol. The summed E-state index contributed by atoms with van der Waals surface area (Å²) < 4.78 is 0. The van der Waals surface area contributed by atoms with Crippen LogP contribution >= 0.6 is 0 Å².